The van der Waals surface area contributed by atoms with Crippen LogP contribution in [0.15, 0.2) is 39.9 Å². The molecule has 0 saturated heterocycles. The van der Waals surface area contributed by atoms with Crippen LogP contribution in [0.3, 0.4) is 0 Å². The minimum Gasteiger partial charge on any atom is -0.391 e. The van der Waals surface area contributed by atoms with Crippen LogP contribution in [0.4, 0.5) is 0 Å². The molecule has 3 unspecified atom stereocenters. The Morgan fingerprint density at radius 1 is 1.25 bits per heavy atom. The Morgan fingerprint density at radius 2 is 2.06 bits per heavy atom. The fraction of sp³-hybridized carbons (Fsp3) is 0.462. The lowest BCUT2D eigenvalue weighted by molar-refractivity contribution is 0.144. The first-order valence-corrected chi connectivity index (χ1v) is 6.45. The van der Waals surface area contributed by atoms with Gasteiger partial charge < -0.3 is 5.11 Å². The minimum atomic E-state index is -0.312. The molecule has 0 saturated carbocycles. The van der Waals surface area contributed by atoms with Crippen molar-refractivity contribution in [2.45, 2.75) is 31.4 Å². The highest BCUT2D eigenvalue weighted by atomic mass is 79.9. The van der Waals surface area contributed by atoms with E-state index in [4.69, 9.17) is 0 Å². The number of hydrogen-bond acceptors (Lipinski definition) is 2. The fourth-order valence-electron chi connectivity index (χ4n) is 1.94. The van der Waals surface area contributed by atoms with Gasteiger partial charge in [-0.2, -0.15) is 0 Å². The van der Waals surface area contributed by atoms with E-state index < -0.39 is 0 Å². The van der Waals surface area contributed by atoms with E-state index in [-0.39, 0.29) is 12.1 Å². The second-order valence-electron chi connectivity index (χ2n) is 4.23. The molecular formula is C13H16BrNO. The summed E-state index contributed by atoms with van der Waals surface area (Å²) in [6.07, 6.45) is 14.7. The predicted octanol–water partition coefficient (Wildman–Crippen LogP) is 2.99. The van der Waals surface area contributed by atoms with E-state index in [1.54, 1.807) is 0 Å². The van der Waals surface area contributed by atoms with Gasteiger partial charge in [-0.1, -0.05) is 46.3 Å². The van der Waals surface area contributed by atoms with Crippen molar-refractivity contribution in [2.24, 2.45) is 10.9 Å². The number of allylic oxidation sites excluding steroid dienone is 4. The first kappa shape index (κ1) is 11.8. The predicted molar refractivity (Wildman–Crippen MR) is 70.9 cm³/mol. The van der Waals surface area contributed by atoms with Crippen LogP contribution in [0.2, 0.25) is 0 Å². The van der Waals surface area contributed by atoms with Crippen molar-refractivity contribution in [2.75, 3.05) is 0 Å². The third-order valence-corrected chi connectivity index (χ3v) is 3.42. The molecule has 0 amide bonds. The average Bonchev–Trinajstić information content (AvgIpc) is 2.28. The maximum atomic E-state index is 9.75. The van der Waals surface area contributed by atoms with E-state index in [2.05, 4.69) is 45.2 Å². The molecule has 0 fully saturated rings. The maximum absolute atomic E-state index is 9.75. The van der Waals surface area contributed by atoms with Gasteiger partial charge in [-0.15, -0.1) is 0 Å². The molecule has 3 atom stereocenters. The maximum Gasteiger partial charge on any atom is 0.0800 e. The molecule has 3 heteroatoms. The number of aliphatic hydroxyl groups excluding tert-OH is 1. The average molecular weight is 282 g/mol. The molecule has 0 aromatic heterocycles. The molecule has 2 aliphatic carbocycles. The van der Waals surface area contributed by atoms with Crippen LogP contribution in [0.5, 0.6) is 0 Å². The van der Waals surface area contributed by atoms with Crippen LogP contribution in [0.25, 0.3) is 0 Å². The van der Waals surface area contributed by atoms with Crippen LogP contribution in [0.1, 0.15) is 19.3 Å². The SMILES string of the molecule is OC1CC=CCC1N=CC1C=C(Br)C=CC1. The molecule has 16 heavy (non-hydrogen) atoms. The van der Waals surface area contributed by atoms with Gasteiger partial charge in [-0.05, 0) is 19.3 Å². The summed E-state index contributed by atoms with van der Waals surface area (Å²) in [6, 6.07) is 0.0445. The Balaban J connectivity index is 1.94. The zero-order valence-electron chi connectivity index (χ0n) is 9.09. The Labute approximate surface area is 105 Å². The lowest BCUT2D eigenvalue weighted by atomic mass is 9.98. The zero-order valence-corrected chi connectivity index (χ0v) is 10.7. The summed E-state index contributed by atoms with van der Waals surface area (Å²) in [4.78, 5) is 4.50. The fourth-order valence-corrected chi connectivity index (χ4v) is 2.46. The van der Waals surface area contributed by atoms with Crippen molar-refractivity contribution in [3.63, 3.8) is 0 Å². The molecule has 0 spiro atoms. The third kappa shape index (κ3) is 3.16. The van der Waals surface area contributed by atoms with E-state index >= 15 is 0 Å². The highest BCUT2D eigenvalue weighted by molar-refractivity contribution is 9.11. The van der Waals surface area contributed by atoms with Gasteiger partial charge in [-0.25, -0.2) is 0 Å². The summed E-state index contributed by atoms with van der Waals surface area (Å²) in [5.41, 5.74) is 0. The van der Waals surface area contributed by atoms with Crippen LogP contribution in [0, 0.1) is 5.92 Å². The molecular weight excluding hydrogens is 266 g/mol. The number of rotatable bonds is 2. The van der Waals surface area contributed by atoms with Gasteiger partial charge in [0, 0.05) is 16.6 Å². The zero-order chi connectivity index (χ0) is 11.4. The summed E-state index contributed by atoms with van der Waals surface area (Å²) in [7, 11) is 0. The molecule has 2 aliphatic rings. The molecule has 1 N–H and O–H groups in total. The summed E-state index contributed by atoms with van der Waals surface area (Å²) in [6.45, 7) is 0. The van der Waals surface area contributed by atoms with E-state index in [1.165, 1.54) is 0 Å². The van der Waals surface area contributed by atoms with Crippen molar-refractivity contribution < 1.29 is 5.11 Å². The van der Waals surface area contributed by atoms with Gasteiger partial charge in [0.2, 0.25) is 0 Å². The number of halogens is 1. The van der Waals surface area contributed by atoms with E-state index in [0.717, 1.165) is 23.7 Å². The van der Waals surface area contributed by atoms with Crippen molar-refractivity contribution in [1.29, 1.82) is 0 Å². The summed E-state index contributed by atoms with van der Waals surface area (Å²) < 4.78 is 1.11. The van der Waals surface area contributed by atoms with Gasteiger partial charge in [0.15, 0.2) is 0 Å². The second kappa shape index (κ2) is 5.60. The van der Waals surface area contributed by atoms with E-state index in [0.29, 0.717) is 5.92 Å². The summed E-state index contributed by atoms with van der Waals surface area (Å²) >= 11 is 3.46. The lowest BCUT2D eigenvalue weighted by Gasteiger charge is -2.20. The van der Waals surface area contributed by atoms with Gasteiger partial charge in [0.1, 0.15) is 0 Å². The molecule has 0 heterocycles. The number of aliphatic imine (C=N–C) groups is 1. The monoisotopic (exact) mass is 281 g/mol. The van der Waals surface area contributed by atoms with Crippen molar-refractivity contribution in [3.8, 4) is 0 Å². The molecule has 0 aromatic rings. The van der Waals surface area contributed by atoms with Crippen LogP contribution < -0.4 is 0 Å². The molecule has 2 nitrogen and oxygen atoms in total. The molecule has 0 aromatic carbocycles. The van der Waals surface area contributed by atoms with Gasteiger partial charge in [0.25, 0.3) is 0 Å². The standard InChI is InChI=1S/C13H16BrNO/c14-11-5-3-4-10(8-11)9-15-12-6-1-2-7-13(12)16/h1-3,5,8-10,12-13,16H,4,6-7H2. The van der Waals surface area contributed by atoms with Gasteiger partial charge in [-0.3, -0.25) is 4.99 Å². The lowest BCUT2D eigenvalue weighted by Crippen LogP contribution is -2.26. The van der Waals surface area contributed by atoms with Gasteiger partial charge >= 0.3 is 0 Å². The highest BCUT2D eigenvalue weighted by Crippen LogP contribution is 2.20. The second-order valence-corrected chi connectivity index (χ2v) is 5.14. The molecule has 86 valence electrons. The number of hydrogen-bond donors (Lipinski definition) is 1. The van der Waals surface area contributed by atoms with Crippen molar-refractivity contribution >= 4 is 22.1 Å². The number of nitrogens with zero attached hydrogens (tertiary/aromatic N) is 1. The molecule has 0 bridgehead atoms. The minimum absolute atomic E-state index is 0.0445. The normalized spacial score (nSPS) is 34.4. The van der Waals surface area contributed by atoms with Gasteiger partial charge in [0.05, 0.1) is 12.1 Å². The first-order valence-electron chi connectivity index (χ1n) is 5.66. The van der Waals surface area contributed by atoms with Crippen molar-refractivity contribution in [3.05, 3.63) is 34.9 Å². The Morgan fingerprint density at radius 3 is 2.81 bits per heavy atom. The quantitative estimate of drug-likeness (QED) is 0.613. The Kier molecular flexibility index (Phi) is 4.13. The Bertz CT molecular complexity index is 357. The van der Waals surface area contributed by atoms with Crippen LogP contribution >= 0.6 is 15.9 Å². The first-order chi connectivity index (χ1) is 7.75. The highest BCUT2D eigenvalue weighted by Gasteiger charge is 2.18. The molecule has 2 rings (SSSR count). The topological polar surface area (TPSA) is 32.6 Å². The molecule has 0 radical (unpaired) electrons. The smallest absolute Gasteiger partial charge is 0.0800 e. The third-order valence-electron chi connectivity index (χ3n) is 2.89. The Hall–Kier alpha value is -0.670. The van der Waals surface area contributed by atoms with E-state index in [9.17, 15) is 5.11 Å². The summed E-state index contributed by atoms with van der Waals surface area (Å²) in [5, 5.41) is 9.75. The molecule has 0 aliphatic heterocycles. The van der Waals surface area contributed by atoms with Crippen LogP contribution in [-0.2, 0) is 0 Å². The summed E-state index contributed by atoms with van der Waals surface area (Å²) in [5.74, 6) is 0.359. The van der Waals surface area contributed by atoms with E-state index in [1.807, 2.05) is 12.3 Å². The van der Waals surface area contributed by atoms with Crippen molar-refractivity contribution in [1.82, 2.24) is 0 Å². The van der Waals surface area contributed by atoms with Crippen LogP contribution in [-0.4, -0.2) is 23.5 Å². The number of aliphatic hydroxyl groups is 1. The largest absolute Gasteiger partial charge is 0.391 e.